The van der Waals surface area contributed by atoms with Crippen LogP contribution >= 0.6 is 0 Å². The minimum absolute atomic E-state index is 0.0579. The summed E-state index contributed by atoms with van der Waals surface area (Å²) in [6, 6.07) is -0.641. The van der Waals surface area contributed by atoms with Crippen molar-refractivity contribution >= 4 is 11.8 Å². The SMILES string of the molecule is COCC(=O)NC(C)C(N)=O. The van der Waals surface area contributed by atoms with Crippen molar-refractivity contribution in [1.82, 2.24) is 5.32 Å². The number of nitrogens with one attached hydrogen (secondary N) is 1. The number of rotatable bonds is 4. The number of primary amides is 1. The predicted octanol–water partition coefficient (Wildman–Crippen LogP) is -1.38. The van der Waals surface area contributed by atoms with Gasteiger partial charge in [-0.15, -0.1) is 0 Å². The molecule has 0 bridgehead atoms. The molecule has 11 heavy (non-hydrogen) atoms. The van der Waals surface area contributed by atoms with E-state index in [1.807, 2.05) is 0 Å². The molecule has 0 fully saturated rings. The molecule has 1 atom stereocenters. The van der Waals surface area contributed by atoms with Gasteiger partial charge in [-0.3, -0.25) is 9.59 Å². The van der Waals surface area contributed by atoms with E-state index in [0.29, 0.717) is 0 Å². The standard InChI is InChI=1S/C6H12N2O3/c1-4(6(7)10)8-5(9)3-11-2/h4H,3H2,1-2H3,(H2,7,10)(H,8,9). The van der Waals surface area contributed by atoms with Crippen LogP contribution in [0.5, 0.6) is 0 Å². The van der Waals surface area contributed by atoms with E-state index in [2.05, 4.69) is 10.1 Å². The Morgan fingerprint density at radius 2 is 2.18 bits per heavy atom. The summed E-state index contributed by atoms with van der Waals surface area (Å²) in [6.45, 7) is 1.45. The maximum Gasteiger partial charge on any atom is 0.246 e. The summed E-state index contributed by atoms with van der Waals surface area (Å²) in [5, 5.41) is 2.34. The van der Waals surface area contributed by atoms with Crippen LogP contribution < -0.4 is 11.1 Å². The fourth-order valence-corrected chi connectivity index (χ4v) is 0.485. The van der Waals surface area contributed by atoms with Crippen LogP contribution in [0, 0.1) is 0 Å². The van der Waals surface area contributed by atoms with Crippen molar-refractivity contribution in [3.63, 3.8) is 0 Å². The van der Waals surface area contributed by atoms with E-state index >= 15 is 0 Å². The second-order valence-electron chi connectivity index (χ2n) is 2.12. The summed E-state index contributed by atoms with van der Waals surface area (Å²) in [5.41, 5.74) is 4.89. The van der Waals surface area contributed by atoms with Crippen LogP contribution in [-0.2, 0) is 14.3 Å². The molecule has 5 nitrogen and oxygen atoms in total. The normalized spacial score (nSPS) is 12.2. The molecule has 64 valence electrons. The van der Waals surface area contributed by atoms with Crippen molar-refractivity contribution in [3.8, 4) is 0 Å². The lowest BCUT2D eigenvalue weighted by Crippen LogP contribution is -2.43. The maximum absolute atomic E-state index is 10.7. The monoisotopic (exact) mass is 160 g/mol. The van der Waals surface area contributed by atoms with Crippen molar-refractivity contribution in [2.75, 3.05) is 13.7 Å². The highest BCUT2D eigenvalue weighted by Crippen LogP contribution is 1.78. The zero-order valence-corrected chi connectivity index (χ0v) is 6.59. The lowest BCUT2D eigenvalue weighted by molar-refractivity contribution is -0.129. The van der Waals surface area contributed by atoms with Crippen molar-refractivity contribution in [3.05, 3.63) is 0 Å². The quantitative estimate of drug-likeness (QED) is 0.532. The molecular weight excluding hydrogens is 148 g/mol. The summed E-state index contributed by atoms with van der Waals surface area (Å²) in [6.07, 6.45) is 0. The third-order valence-corrected chi connectivity index (χ3v) is 1.08. The van der Waals surface area contributed by atoms with Gasteiger partial charge in [-0.25, -0.2) is 0 Å². The average Bonchev–Trinajstić information content (AvgIpc) is 1.87. The van der Waals surface area contributed by atoms with E-state index in [1.54, 1.807) is 0 Å². The number of amides is 2. The summed E-state index contributed by atoms with van der Waals surface area (Å²) < 4.78 is 4.52. The zero-order valence-electron chi connectivity index (χ0n) is 6.59. The van der Waals surface area contributed by atoms with Crippen LogP contribution in [0.15, 0.2) is 0 Å². The highest BCUT2D eigenvalue weighted by Gasteiger charge is 2.10. The number of carbonyl (C=O) groups excluding carboxylic acids is 2. The Kier molecular flexibility index (Phi) is 4.21. The molecule has 1 unspecified atom stereocenters. The van der Waals surface area contributed by atoms with Gasteiger partial charge in [-0.05, 0) is 6.92 Å². The molecule has 0 radical (unpaired) electrons. The Morgan fingerprint density at radius 3 is 2.55 bits per heavy atom. The van der Waals surface area contributed by atoms with Gasteiger partial charge in [0, 0.05) is 7.11 Å². The highest BCUT2D eigenvalue weighted by molar-refractivity contribution is 5.86. The van der Waals surface area contributed by atoms with Gasteiger partial charge in [0.05, 0.1) is 0 Å². The molecule has 0 aromatic heterocycles. The first kappa shape index (κ1) is 9.90. The Hall–Kier alpha value is -1.10. The number of carbonyl (C=O) groups is 2. The molecule has 0 aliphatic heterocycles. The third-order valence-electron chi connectivity index (χ3n) is 1.08. The highest BCUT2D eigenvalue weighted by atomic mass is 16.5. The number of methoxy groups -OCH3 is 1. The van der Waals surface area contributed by atoms with E-state index in [4.69, 9.17) is 5.73 Å². The fourth-order valence-electron chi connectivity index (χ4n) is 0.485. The second kappa shape index (κ2) is 4.68. The van der Waals surface area contributed by atoms with Gasteiger partial charge < -0.3 is 15.8 Å². The van der Waals surface area contributed by atoms with Crippen LogP contribution in [-0.4, -0.2) is 31.6 Å². The molecule has 0 aliphatic rings. The van der Waals surface area contributed by atoms with Crippen LogP contribution in [0.2, 0.25) is 0 Å². The predicted molar refractivity (Wildman–Crippen MR) is 38.7 cm³/mol. The Bertz CT molecular complexity index is 158. The van der Waals surface area contributed by atoms with Crippen LogP contribution in [0.25, 0.3) is 0 Å². The van der Waals surface area contributed by atoms with Gasteiger partial charge in [-0.2, -0.15) is 0 Å². The first-order valence-corrected chi connectivity index (χ1v) is 3.15. The van der Waals surface area contributed by atoms with Gasteiger partial charge in [0.1, 0.15) is 12.6 Å². The molecule has 0 saturated heterocycles. The Morgan fingerprint density at radius 1 is 1.64 bits per heavy atom. The summed E-state index contributed by atoms with van der Waals surface area (Å²) in [7, 11) is 1.40. The van der Waals surface area contributed by atoms with Crippen LogP contribution in [0.3, 0.4) is 0 Å². The molecule has 0 saturated carbocycles. The molecule has 0 heterocycles. The third kappa shape index (κ3) is 4.32. The lowest BCUT2D eigenvalue weighted by atomic mass is 10.3. The van der Waals surface area contributed by atoms with E-state index in [9.17, 15) is 9.59 Å². The number of ether oxygens (including phenoxy) is 1. The van der Waals surface area contributed by atoms with Crippen molar-refractivity contribution in [1.29, 1.82) is 0 Å². The zero-order chi connectivity index (χ0) is 8.85. The van der Waals surface area contributed by atoms with Crippen molar-refractivity contribution in [2.24, 2.45) is 5.73 Å². The van der Waals surface area contributed by atoms with Gasteiger partial charge >= 0.3 is 0 Å². The van der Waals surface area contributed by atoms with Gasteiger partial charge in [0.2, 0.25) is 11.8 Å². The number of hydrogen-bond acceptors (Lipinski definition) is 3. The molecule has 3 N–H and O–H groups in total. The van der Waals surface area contributed by atoms with E-state index in [-0.39, 0.29) is 12.5 Å². The molecular formula is C6H12N2O3. The maximum atomic E-state index is 10.7. The first-order chi connectivity index (χ1) is 5.07. The molecule has 0 aromatic carbocycles. The second-order valence-corrected chi connectivity index (χ2v) is 2.12. The molecule has 5 heteroatoms. The fraction of sp³-hybridized carbons (Fsp3) is 0.667. The molecule has 2 amide bonds. The van der Waals surface area contributed by atoms with Crippen molar-refractivity contribution < 1.29 is 14.3 Å². The van der Waals surface area contributed by atoms with Crippen LogP contribution in [0.4, 0.5) is 0 Å². The number of nitrogens with two attached hydrogens (primary N) is 1. The topological polar surface area (TPSA) is 81.4 Å². The van der Waals surface area contributed by atoms with Gasteiger partial charge in [-0.1, -0.05) is 0 Å². The minimum atomic E-state index is -0.641. The first-order valence-electron chi connectivity index (χ1n) is 3.15. The largest absolute Gasteiger partial charge is 0.375 e. The van der Waals surface area contributed by atoms with E-state index in [0.717, 1.165) is 0 Å². The summed E-state index contributed by atoms with van der Waals surface area (Å²) in [5.74, 6) is -0.909. The van der Waals surface area contributed by atoms with Gasteiger partial charge in [0.25, 0.3) is 0 Å². The average molecular weight is 160 g/mol. The molecule has 0 aliphatic carbocycles. The van der Waals surface area contributed by atoms with Gasteiger partial charge in [0.15, 0.2) is 0 Å². The lowest BCUT2D eigenvalue weighted by Gasteiger charge is -2.08. The smallest absolute Gasteiger partial charge is 0.246 e. The van der Waals surface area contributed by atoms with E-state index in [1.165, 1.54) is 14.0 Å². The Labute approximate surface area is 64.9 Å². The summed E-state index contributed by atoms with van der Waals surface area (Å²) >= 11 is 0. The molecule has 0 spiro atoms. The summed E-state index contributed by atoms with van der Waals surface area (Å²) in [4.78, 5) is 21.1. The number of hydrogen-bond donors (Lipinski definition) is 2. The minimum Gasteiger partial charge on any atom is -0.375 e. The van der Waals surface area contributed by atoms with E-state index < -0.39 is 11.9 Å². The molecule has 0 aromatic rings. The van der Waals surface area contributed by atoms with Crippen molar-refractivity contribution in [2.45, 2.75) is 13.0 Å². The molecule has 0 rings (SSSR count). The van der Waals surface area contributed by atoms with Crippen LogP contribution in [0.1, 0.15) is 6.92 Å². The Balaban J connectivity index is 3.66.